The van der Waals surface area contributed by atoms with Gasteiger partial charge in [0.05, 0.1) is 0 Å². The van der Waals surface area contributed by atoms with E-state index in [2.05, 4.69) is 20.4 Å². The van der Waals surface area contributed by atoms with Crippen LogP contribution >= 0.6 is 0 Å². The van der Waals surface area contributed by atoms with Crippen LogP contribution in [0.5, 0.6) is 0 Å². The maximum Gasteiger partial charge on any atom is 0.333 e. The third-order valence-corrected chi connectivity index (χ3v) is 6.29. The molecular formula is C19H30O2. The van der Waals surface area contributed by atoms with E-state index in [0.29, 0.717) is 11.5 Å². The highest BCUT2D eigenvalue weighted by molar-refractivity contribution is 5.87. The van der Waals surface area contributed by atoms with Crippen LogP contribution in [0.2, 0.25) is 0 Å². The summed E-state index contributed by atoms with van der Waals surface area (Å²) in [4.78, 5) is 12.3. The van der Waals surface area contributed by atoms with Crippen LogP contribution in [0.4, 0.5) is 0 Å². The molecule has 2 nitrogen and oxygen atoms in total. The molecule has 0 aliphatic heterocycles. The van der Waals surface area contributed by atoms with E-state index in [1.807, 2.05) is 0 Å². The molecule has 3 saturated carbocycles. The topological polar surface area (TPSA) is 26.3 Å². The summed E-state index contributed by atoms with van der Waals surface area (Å²) in [5, 5.41) is 0. The lowest BCUT2D eigenvalue weighted by Crippen LogP contribution is -2.50. The first kappa shape index (κ1) is 15.1. The van der Waals surface area contributed by atoms with E-state index in [9.17, 15) is 4.79 Å². The van der Waals surface area contributed by atoms with Crippen LogP contribution < -0.4 is 0 Å². The Morgan fingerprint density at radius 3 is 2.48 bits per heavy atom. The second-order valence-corrected chi connectivity index (χ2v) is 8.71. The number of hydrogen-bond acceptors (Lipinski definition) is 2. The summed E-state index contributed by atoms with van der Waals surface area (Å²) in [6, 6.07) is 0. The second-order valence-electron chi connectivity index (χ2n) is 8.71. The Kier molecular flexibility index (Phi) is 3.70. The van der Waals surface area contributed by atoms with E-state index in [1.165, 1.54) is 38.5 Å². The van der Waals surface area contributed by atoms with Crippen molar-refractivity contribution in [1.29, 1.82) is 0 Å². The minimum Gasteiger partial charge on any atom is -0.455 e. The lowest BCUT2D eigenvalue weighted by Gasteiger charge is -2.49. The molecule has 0 heterocycles. The molecule has 0 saturated heterocycles. The number of rotatable bonds is 3. The van der Waals surface area contributed by atoms with Crippen molar-refractivity contribution < 1.29 is 9.53 Å². The van der Waals surface area contributed by atoms with Crippen LogP contribution in [0.1, 0.15) is 72.1 Å². The Morgan fingerprint density at radius 2 is 1.95 bits per heavy atom. The first-order chi connectivity index (χ1) is 9.81. The molecule has 3 fully saturated rings. The summed E-state index contributed by atoms with van der Waals surface area (Å²) >= 11 is 0. The first-order valence-electron chi connectivity index (χ1n) is 8.70. The third-order valence-electron chi connectivity index (χ3n) is 6.29. The fourth-order valence-electron chi connectivity index (χ4n) is 5.49. The zero-order valence-electron chi connectivity index (χ0n) is 13.9. The zero-order valence-corrected chi connectivity index (χ0v) is 13.9. The minimum atomic E-state index is -0.211. The maximum atomic E-state index is 12.3. The van der Waals surface area contributed by atoms with Gasteiger partial charge >= 0.3 is 5.97 Å². The summed E-state index contributed by atoms with van der Waals surface area (Å²) < 4.78 is 6.17. The van der Waals surface area contributed by atoms with Crippen molar-refractivity contribution in [2.24, 2.45) is 23.2 Å². The summed E-state index contributed by atoms with van der Waals surface area (Å²) in [6.45, 7) is 10.2. The van der Waals surface area contributed by atoms with Gasteiger partial charge in [-0.2, -0.15) is 0 Å². The van der Waals surface area contributed by atoms with Crippen molar-refractivity contribution in [3.05, 3.63) is 12.2 Å². The van der Waals surface area contributed by atoms with Gasteiger partial charge in [0.25, 0.3) is 0 Å². The van der Waals surface area contributed by atoms with Gasteiger partial charge in [-0.25, -0.2) is 4.79 Å². The molecule has 3 aliphatic rings. The number of carbonyl (C=O) groups excluding carboxylic acids is 1. The predicted molar refractivity (Wildman–Crippen MR) is 84.8 cm³/mol. The van der Waals surface area contributed by atoms with Crippen molar-refractivity contribution in [2.45, 2.75) is 77.7 Å². The summed E-state index contributed by atoms with van der Waals surface area (Å²) in [6.07, 6.45) is 9.93. The van der Waals surface area contributed by atoms with E-state index in [0.717, 1.165) is 24.7 Å². The molecule has 0 spiro atoms. The molecule has 2 heteroatoms. The highest BCUT2D eigenvalue weighted by atomic mass is 16.6. The molecular weight excluding hydrogens is 260 g/mol. The highest BCUT2D eigenvalue weighted by Crippen LogP contribution is 2.58. The average molecular weight is 290 g/mol. The van der Waals surface area contributed by atoms with Crippen molar-refractivity contribution >= 4 is 5.97 Å². The van der Waals surface area contributed by atoms with E-state index in [4.69, 9.17) is 4.74 Å². The molecule has 0 aromatic rings. The fraction of sp³-hybridized carbons (Fsp3) is 0.842. The quantitative estimate of drug-likeness (QED) is 0.547. The molecule has 0 aromatic heterocycles. The van der Waals surface area contributed by atoms with Gasteiger partial charge < -0.3 is 4.74 Å². The minimum absolute atomic E-state index is 0.171. The van der Waals surface area contributed by atoms with Crippen LogP contribution in [0.25, 0.3) is 0 Å². The molecule has 3 rings (SSSR count). The van der Waals surface area contributed by atoms with Crippen LogP contribution in [-0.4, -0.2) is 11.6 Å². The van der Waals surface area contributed by atoms with Gasteiger partial charge in [-0.15, -0.1) is 0 Å². The Morgan fingerprint density at radius 1 is 1.19 bits per heavy atom. The molecule has 118 valence electrons. The molecule has 21 heavy (non-hydrogen) atoms. The summed E-state index contributed by atoms with van der Waals surface area (Å²) in [5.41, 5.74) is 0.619. The standard InChI is InChI=1S/C19H30O2/c1-13(2)17(20)21-19(9-5-8-18(3,4)12-19)16-11-14-6-7-15(16)10-14/h14-16H,1,5-12H2,2-4H3. The van der Waals surface area contributed by atoms with Crippen molar-refractivity contribution in [3.63, 3.8) is 0 Å². The van der Waals surface area contributed by atoms with Gasteiger partial charge in [0.15, 0.2) is 0 Å². The first-order valence-corrected chi connectivity index (χ1v) is 8.70. The highest BCUT2D eigenvalue weighted by Gasteiger charge is 2.55. The molecule has 0 N–H and O–H groups in total. The smallest absolute Gasteiger partial charge is 0.333 e. The van der Waals surface area contributed by atoms with E-state index < -0.39 is 0 Å². The van der Waals surface area contributed by atoms with Gasteiger partial charge in [-0.05, 0) is 69.1 Å². The van der Waals surface area contributed by atoms with E-state index in [-0.39, 0.29) is 17.0 Å². The van der Waals surface area contributed by atoms with Crippen molar-refractivity contribution in [3.8, 4) is 0 Å². The van der Waals surface area contributed by atoms with Crippen LogP contribution in [0.15, 0.2) is 12.2 Å². The Balaban J connectivity index is 1.87. The van der Waals surface area contributed by atoms with Crippen molar-refractivity contribution in [2.75, 3.05) is 0 Å². The van der Waals surface area contributed by atoms with E-state index in [1.54, 1.807) is 6.92 Å². The summed E-state index contributed by atoms with van der Waals surface area (Å²) in [7, 11) is 0. The normalized spacial score (nSPS) is 41.0. The average Bonchev–Trinajstić information content (AvgIpc) is 2.99. The molecule has 4 unspecified atom stereocenters. The second kappa shape index (κ2) is 5.14. The largest absolute Gasteiger partial charge is 0.455 e. The van der Waals surface area contributed by atoms with E-state index >= 15 is 0 Å². The fourth-order valence-corrected chi connectivity index (χ4v) is 5.49. The molecule has 0 radical (unpaired) electrons. The van der Waals surface area contributed by atoms with Crippen LogP contribution in [0.3, 0.4) is 0 Å². The van der Waals surface area contributed by atoms with Crippen molar-refractivity contribution in [1.82, 2.24) is 0 Å². The van der Waals surface area contributed by atoms with Crippen LogP contribution in [0, 0.1) is 23.2 Å². The maximum absolute atomic E-state index is 12.3. The number of fused-ring (bicyclic) bond motifs is 2. The predicted octanol–water partition coefficient (Wildman–Crippen LogP) is 4.88. The molecule has 2 bridgehead atoms. The SMILES string of the molecule is C=C(C)C(=O)OC1(C2CC3CCC2C3)CCCC(C)(C)C1. The Bertz CT molecular complexity index is 450. The van der Waals surface area contributed by atoms with Gasteiger partial charge in [0, 0.05) is 11.5 Å². The number of ether oxygens (including phenoxy) is 1. The zero-order chi connectivity index (χ0) is 15.3. The van der Waals surface area contributed by atoms with Gasteiger partial charge in [0.2, 0.25) is 0 Å². The lowest BCUT2D eigenvalue weighted by molar-refractivity contribution is -0.176. The lowest BCUT2D eigenvalue weighted by atomic mass is 9.62. The third kappa shape index (κ3) is 2.78. The van der Waals surface area contributed by atoms with Gasteiger partial charge in [-0.3, -0.25) is 0 Å². The molecule has 4 atom stereocenters. The summed E-state index contributed by atoms with van der Waals surface area (Å²) in [5.74, 6) is 2.11. The molecule has 3 aliphatic carbocycles. The molecule has 0 amide bonds. The molecule has 0 aromatic carbocycles. The monoisotopic (exact) mass is 290 g/mol. The number of carbonyl (C=O) groups is 1. The Hall–Kier alpha value is -0.790. The van der Waals surface area contributed by atoms with Crippen LogP contribution in [-0.2, 0) is 9.53 Å². The van der Waals surface area contributed by atoms with Gasteiger partial charge in [0.1, 0.15) is 5.60 Å². The van der Waals surface area contributed by atoms with Gasteiger partial charge in [-0.1, -0.05) is 26.8 Å². The Labute approximate surface area is 129 Å². The number of hydrogen-bond donors (Lipinski definition) is 0. The number of esters is 1.